The molecular weight excluding hydrogens is 412 g/mol. The maximum Gasteiger partial charge on any atom is 0.220 e. The summed E-state index contributed by atoms with van der Waals surface area (Å²) in [5.41, 5.74) is 13.9. The highest BCUT2D eigenvalue weighted by molar-refractivity contribution is 8.00. The van der Waals surface area contributed by atoms with Crippen LogP contribution in [0.4, 0.5) is 0 Å². The van der Waals surface area contributed by atoms with E-state index in [1.165, 1.54) is 0 Å². The SMILES string of the molecule is N[C@@H]1[C@H](CCCCC(=O)NCCCCCC(=O)NCc2ccc(CO)cc2)SC[C@@H]1N. The van der Waals surface area contributed by atoms with E-state index in [4.69, 9.17) is 16.6 Å². The summed E-state index contributed by atoms with van der Waals surface area (Å²) < 4.78 is 0. The van der Waals surface area contributed by atoms with Crippen LogP contribution in [-0.4, -0.2) is 46.6 Å². The lowest BCUT2D eigenvalue weighted by Gasteiger charge is -2.16. The Hall–Kier alpha value is -1.61. The summed E-state index contributed by atoms with van der Waals surface area (Å²) in [4.78, 5) is 23.8. The van der Waals surface area contributed by atoms with Crippen LogP contribution in [0.1, 0.15) is 62.5 Å². The number of unbranched alkanes of at least 4 members (excludes halogenated alkanes) is 3. The fraction of sp³-hybridized carbons (Fsp3) is 0.652. The van der Waals surface area contributed by atoms with Gasteiger partial charge in [0.15, 0.2) is 0 Å². The van der Waals surface area contributed by atoms with Crippen molar-refractivity contribution in [2.75, 3.05) is 12.3 Å². The van der Waals surface area contributed by atoms with E-state index >= 15 is 0 Å². The van der Waals surface area contributed by atoms with Gasteiger partial charge in [0.1, 0.15) is 0 Å². The summed E-state index contributed by atoms with van der Waals surface area (Å²) in [6.07, 6.45) is 6.58. The van der Waals surface area contributed by atoms with E-state index in [-0.39, 0.29) is 30.5 Å². The van der Waals surface area contributed by atoms with Gasteiger partial charge in [-0.2, -0.15) is 11.8 Å². The van der Waals surface area contributed by atoms with E-state index in [2.05, 4.69) is 10.6 Å². The molecule has 0 spiro atoms. The van der Waals surface area contributed by atoms with Crippen molar-refractivity contribution >= 4 is 23.6 Å². The number of benzene rings is 1. The molecule has 0 unspecified atom stereocenters. The van der Waals surface area contributed by atoms with Gasteiger partial charge in [-0.3, -0.25) is 9.59 Å². The largest absolute Gasteiger partial charge is 0.392 e. The lowest BCUT2D eigenvalue weighted by Crippen LogP contribution is -2.43. The molecule has 7 N–H and O–H groups in total. The fourth-order valence-electron chi connectivity index (χ4n) is 3.59. The van der Waals surface area contributed by atoms with Crippen LogP contribution in [0.2, 0.25) is 0 Å². The fourth-order valence-corrected chi connectivity index (χ4v) is 5.04. The third-order valence-electron chi connectivity index (χ3n) is 5.67. The Bertz CT molecular complexity index is 671. The van der Waals surface area contributed by atoms with Crippen molar-refractivity contribution in [1.82, 2.24) is 10.6 Å². The van der Waals surface area contributed by atoms with Gasteiger partial charge in [-0.05, 0) is 36.8 Å². The van der Waals surface area contributed by atoms with Gasteiger partial charge in [0.05, 0.1) is 6.61 Å². The van der Waals surface area contributed by atoms with Gasteiger partial charge in [0, 0.05) is 49.0 Å². The molecule has 1 heterocycles. The molecule has 0 saturated carbocycles. The average Bonchev–Trinajstić information content (AvgIpc) is 3.10. The van der Waals surface area contributed by atoms with Crippen LogP contribution in [0.15, 0.2) is 24.3 Å². The first-order valence-corrected chi connectivity index (χ1v) is 12.4. The molecule has 1 aromatic carbocycles. The molecule has 2 rings (SSSR count). The van der Waals surface area contributed by atoms with E-state index in [1.807, 2.05) is 36.0 Å². The molecule has 7 nitrogen and oxygen atoms in total. The lowest BCUT2D eigenvalue weighted by molar-refractivity contribution is -0.122. The van der Waals surface area contributed by atoms with Crippen LogP contribution < -0.4 is 22.1 Å². The maximum absolute atomic E-state index is 11.9. The minimum absolute atomic E-state index is 0.0253. The van der Waals surface area contributed by atoms with Crippen LogP contribution in [0, 0.1) is 0 Å². The normalized spacial score (nSPS) is 20.5. The van der Waals surface area contributed by atoms with Gasteiger partial charge >= 0.3 is 0 Å². The zero-order chi connectivity index (χ0) is 22.5. The van der Waals surface area contributed by atoms with Gasteiger partial charge in [-0.15, -0.1) is 0 Å². The predicted molar refractivity (Wildman–Crippen MR) is 126 cm³/mol. The van der Waals surface area contributed by atoms with Crippen molar-refractivity contribution in [3.05, 3.63) is 35.4 Å². The number of carbonyl (C=O) groups is 2. The van der Waals surface area contributed by atoms with Crippen molar-refractivity contribution in [3.63, 3.8) is 0 Å². The van der Waals surface area contributed by atoms with Crippen molar-refractivity contribution in [2.45, 2.75) is 81.9 Å². The number of aliphatic hydroxyl groups is 1. The third kappa shape index (κ3) is 10.0. The number of hydrogen-bond acceptors (Lipinski definition) is 6. The molecule has 0 aliphatic carbocycles. The minimum Gasteiger partial charge on any atom is -0.392 e. The molecule has 1 aliphatic rings. The summed E-state index contributed by atoms with van der Waals surface area (Å²) in [5, 5.41) is 15.3. The van der Waals surface area contributed by atoms with E-state index in [0.29, 0.717) is 31.2 Å². The second-order valence-corrected chi connectivity index (χ2v) is 9.54. The van der Waals surface area contributed by atoms with Crippen LogP contribution >= 0.6 is 11.8 Å². The second kappa shape index (κ2) is 14.5. The molecule has 0 radical (unpaired) electrons. The molecule has 1 fully saturated rings. The van der Waals surface area contributed by atoms with E-state index < -0.39 is 0 Å². The molecule has 0 bridgehead atoms. The Kier molecular flexibility index (Phi) is 12.0. The molecule has 1 aliphatic heterocycles. The van der Waals surface area contributed by atoms with E-state index in [1.54, 1.807) is 0 Å². The quantitative estimate of drug-likeness (QED) is 0.275. The van der Waals surface area contributed by atoms with Gasteiger partial charge in [0.2, 0.25) is 11.8 Å². The molecular formula is C23H38N4O3S. The number of rotatable bonds is 14. The maximum atomic E-state index is 11.9. The number of nitrogens with one attached hydrogen (secondary N) is 2. The summed E-state index contributed by atoms with van der Waals surface area (Å²) in [6.45, 7) is 1.19. The van der Waals surface area contributed by atoms with Gasteiger partial charge in [-0.25, -0.2) is 0 Å². The van der Waals surface area contributed by atoms with Crippen LogP contribution in [-0.2, 0) is 22.7 Å². The van der Waals surface area contributed by atoms with Gasteiger partial charge in [-0.1, -0.05) is 37.1 Å². The highest BCUT2D eigenvalue weighted by Crippen LogP contribution is 2.28. The molecule has 174 valence electrons. The van der Waals surface area contributed by atoms with Crippen molar-refractivity contribution in [1.29, 1.82) is 0 Å². The standard InChI is InChI=1S/C23H38N4O3S/c24-19-16-31-20(23(19)25)6-3-4-8-21(29)26-13-5-1-2-7-22(30)27-14-17-9-11-18(15-28)12-10-17/h9-12,19-20,23,28H,1-8,13-16,24-25H2,(H,26,29)(H,27,30)/t19-,20-,23-/m0/s1. The van der Waals surface area contributed by atoms with Crippen LogP contribution in [0.5, 0.6) is 0 Å². The molecule has 31 heavy (non-hydrogen) atoms. The van der Waals surface area contributed by atoms with Crippen LogP contribution in [0.3, 0.4) is 0 Å². The molecule has 8 heteroatoms. The smallest absolute Gasteiger partial charge is 0.220 e. The lowest BCUT2D eigenvalue weighted by atomic mass is 10.0. The third-order valence-corrected chi connectivity index (χ3v) is 7.22. The van der Waals surface area contributed by atoms with Crippen LogP contribution in [0.25, 0.3) is 0 Å². The Morgan fingerprint density at radius 1 is 0.935 bits per heavy atom. The predicted octanol–water partition coefficient (Wildman–Crippen LogP) is 1.80. The Balaban J connectivity index is 1.41. The highest BCUT2D eigenvalue weighted by Gasteiger charge is 2.30. The zero-order valence-corrected chi connectivity index (χ0v) is 19.2. The number of carbonyl (C=O) groups excluding carboxylic acids is 2. The first kappa shape index (κ1) is 25.6. The monoisotopic (exact) mass is 450 g/mol. The summed E-state index contributed by atoms with van der Waals surface area (Å²) >= 11 is 1.86. The van der Waals surface area contributed by atoms with Gasteiger partial charge < -0.3 is 27.2 Å². The number of amides is 2. The first-order valence-electron chi connectivity index (χ1n) is 11.3. The minimum atomic E-state index is 0.0253. The molecule has 3 atom stereocenters. The average molecular weight is 451 g/mol. The summed E-state index contributed by atoms with van der Waals surface area (Å²) in [5.74, 6) is 1.08. The Labute approximate surface area is 190 Å². The number of aliphatic hydroxyl groups excluding tert-OH is 1. The number of hydrogen-bond donors (Lipinski definition) is 5. The molecule has 1 saturated heterocycles. The van der Waals surface area contributed by atoms with Gasteiger partial charge in [0.25, 0.3) is 0 Å². The topological polar surface area (TPSA) is 130 Å². The summed E-state index contributed by atoms with van der Waals surface area (Å²) in [7, 11) is 0. The number of thioether (sulfide) groups is 1. The van der Waals surface area contributed by atoms with Crippen molar-refractivity contribution in [3.8, 4) is 0 Å². The van der Waals surface area contributed by atoms with E-state index in [0.717, 1.165) is 55.4 Å². The number of nitrogens with two attached hydrogens (primary N) is 2. The van der Waals surface area contributed by atoms with Crippen molar-refractivity contribution < 1.29 is 14.7 Å². The highest BCUT2D eigenvalue weighted by atomic mass is 32.2. The Morgan fingerprint density at radius 3 is 2.23 bits per heavy atom. The Morgan fingerprint density at radius 2 is 1.58 bits per heavy atom. The molecule has 1 aromatic rings. The summed E-state index contributed by atoms with van der Waals surface area (Å²) in [6, 6.07) is 7.72. The molecule has 0 aromatic heterocycles. The first-order chi connectivity index (χ1) is 15.0. The van der Waals surface area contributed by atoms with E-state index in [9.17, 15) is 9.59 Å². The second-order valence-electron chi connectivity index (χ2n) is 8.27. The van der Waals surface area contributed by atoms with Crippen molar-refractivity contribution in [2.24, 2.45) is 11.5 Å². The molecule has 2 amide bonds. The zero-order valence-electron chi connectivity index (χ0n) is 18.4.